The van der Waals surface area contributed by atoms with Gasteiger partial charge in [-0.25, -0.2) is 13.1 Å². The van der Waals surface area contributed by atoms with Crippen LogP contribution >= 0.6 is 0 Å². The SMILES string of the molecule is CS(=O)(=O)NCC(COC1CCC(c2ccccc2)CC1)n1cccc(C#N)c1=O. The van der Waals surface area contributed by atoms with Gasteiger partial charge in [0, 0.05) is 12.7 Å². The normalized spacial score (nSPS) is 20.4. The van der Waals surface area contributed by atoms with Crippen molar-refractivity contribution in [3.05, 3.63) is 70.1 Å². The molecule has 0 amide bonds. The summed E-state index contributed by atoms with van der Waals surface area (Å²) in [5.74, 6) is 0.531. The summed E-state index contributed by atoms with van der Waals surface area (Å²) < 4.78 is 33.1. The Hall–Kier alpha value is -2.47. The van der Waals surface area contributed by atoms with E-state index in [1.807, 2.05) is 12.1 Å². The third-order valence-corrected chi connectivity index (χ3v) is 6.23. The van der Waals surface area contributed by atoms with E-state index < -0.39 is 21.6 Å². The molecule has 0 spiro atoms. The van der Waals surface area contributed by atoms with Crippen molar-refractivity contribution < 1.29 is 13.2 Å². The lowest BCUT2D eigenvalue weighted by Crippen LogP contribution is -2.38. The van der Waals surface area contributed by atoms with E-state index in [2.05, 4.69) is 29.0 Å². The number of nitrogens with one attached hydrogen (secondary N) is 1. The van der Waals surface area contributed by atoms with Gasteiger partial charge in [0.2, 0.25) is 10.0 Å². The summed E-state index contributed by atoms with van der Waals surface area (Å²) >= 11 is 0. The van der Waals surface area contributed by atoms with Crippen molar-refractivity contribution in [2.24, 2.45) is 0 Å². The van der Waals surface area contributed by atoms with Crippen LogP contribution in [0.2, 0.25) is 0 Å². The molecular formula is C22H27N3O4S. The minimum Gasteiger partial charge on any atom is -0.376 e. The highest BCUT2D eigenvalue weighted by molar-refractivity contribution is 7.88. The molecule has 1 unspecified atom stereocenters. The summed E-state index contributed by atoms with van der Waals surface area (Å²) in [7, 11) is -3.42. The zero-order valence-corrected chi connectivity index (χ0v) is 17.8. The van der Waals surface area contributed by atoms with Crippen molar-refractivity contribution in [1.29, 1.82) is 5.26 Å². The van der Waals surface area contributed by atoms with E-state index in [9.17, 15) is 13.2 Å². The molecule has 7 nitrogen and oxygen atoms in total. The zero-order chi connectivity index (χ0) is 21.6. The molecule has 1 aliphatic rings. The lowest BCUT2D eigenvalue weighted by atomic mass is 9.83. The number of aromatic nitrogens is 1. The summed E-state index contributed by atoms with van der Waals surface area (Å²) in [5, 5.41) is 9.13. The second-order valence-corrected chi connectivity index (χ2v) is 9.57. The molecule has 1 aliphatic carbocycles. The molecule has 1 fully saturated rings. The van der Waals surface area contributed by atoms with Crippen LogP contribution in [0.15, 0.2) is 53.5 Å². The maximum atomic E-state index is 12.5. The number of benzene rings is 1. The van der Waals surface area contributed by atoms with E-state index in [4.69, 9.17) is 10.00 Å². The topological polar surface area (TPSA) is 101 Å². The van der Waals surface area contributed by atoms with Crippen LogP contribution in [0.3, 0.4) is 0 Å². The molecule has 1 saturated carbocycles. The van der Waals surface area contributed by atoms with E-state index in [1.165, 1.54) is 16.2 Å². The predicted octanol–water partition coefficient (Wildman–Crippen LogP) is 2.55. The van der Waals surface area contributed by atoms with Crippen LogP contribution < -0.4 is 10.3 Å². The molecular weight excluding hydrogens is 402 g/mol. The molecule has 1 heterocycles. The molecule has 1 aromatic carbocycles. The number of hydrogen-bond acceptors (Lipinski definition) is 5. The molecule has 8 heteroatoms. The first-order valence-corrected chi connectivity index (χ1v) is 12.0. The van der Waals surface area contributed by atoms with Crippen molar-refractivity contribution in [3.63, 3.8) is 0 Å². The van der Waals surface area contributed by atoms with Gasteiger partial charge in [-0.3, -0.25) is 4.79 Å². The van der Waals surface area contributed by atoms with Gasteiger partial charge in [-0.2, -0.15) is 5.26 Å². The third-order valence-electron chi connectivity index (χ3n) is 5.54. The highest BCUT2D eigenvalue weighted by Crippen LogP contribution is 2.34. The van der Waals surface area contributed by atoms with Crippen molar-refractivity contribution >= 4 is 10.0 Å². The van der Waals surface area contributed by atoms with Crippen LogP contribution in [0.1, 0.15) is 48.8 Å². The summed E-state index contributed by atoms with van der Waals surface area (Å²) in [6.07, 6.45) is 6.60. The minimum absolute atomic E-state index is 0.0187. The Kier molecular flexibility index (Phi) is 7.43. The number of ether oxygens (including phenoxy) is 1. The molecule has 0 radical (unpaired) electrons. The second-order valence-electron chi connectivity index (χ2n) is 7.74. The van der Waals surface area contributed by atoms with Gasteiger partial charge in [0.05, 0.1) is 25.0 Å². The Bertz CT molecular complexity index is 1040. The number of sulfonamides is 1. The summed E-state index contributed by atoms with van der Waals surface area (Å²) in [5.41, 5.74) is 0.924. The Morgan fingerprint density at radius 2 is 1.87 bits per heavy atom. The number of hydrogen-bond donors (Lipinski definition) is 1. The molecule has 1 aromatic heterocycles. The van der Waals surface area contributed by atoms with Crippen LogP contribution in [-0.4, -0.2) is 38.5 Å². The van der Waals surface area contributed by atoms with Gasteiger partial charge in [0.25, 0.3) is 5.56 Å². The number of nitrogens with zero attached hydrogens (tertiary/aromatic N) is 2. The van der Waals surface area contributed by atoms with Gasteiger partial charge >= 0.3 is 0 Å². The Balaban J connectivity index is 1.64. The van der Waals surface area contributed by atoms with Crippen molar-refractivity contribution in [2.45, 2.75) is 43.7 Å². The van der Waals surface area contributed by atoms with Gasteiger partial charge in [-0.1, -0.05) is 30.3 Å². The third kappa shape index (κ3) is 6.02. The van der Waals surface area contributed by atoms with Gasteiger partial charge < -0.3 is 9.30 Å². The molecule has 0 bridgehead atoms. The fraction of sp³-hybridized carbons (Fsp3) is 0.455. The van der Waals surface area contributed by atoms with E-state index in [1.54, 1.807) is 12.3 Å². The number of pyridine rings is 1. The van der Waals surface area contributed by atoms with Gasteiger partial charge in [0.1, 0.15) is 11.6 Å². The number of rotatable bonds is 8. The van der Waals surface area contributed by atoms with Gasteiger partial charge in [-0.15, -0.1) is 0 Å². The maximum Gasteiger partial charge on any atom is 0.268 e. The molecule has 0 saturated heterocycles. The van der Waals surface area contributed by atoms with Crippen LogP contribution in [0.5, 0.6) is 0 Å². The van der Waals surface area contributed by atoms with Crippen LogP contribution in [0, 0.1) is 11.3 Å². The maximum absolute atomic E-state index is 12.5. The fourth-order valence-corrected chi connectivity index (χ4v) is 4.40. The van der Waals surface area contributed by atoms with E-state index in [0.717, 1.165) is 31.9 Å². The summed E-state index contributed by atoms with van der Waals surface area (Å²) in [6, 6.07) is 14.9. The monoisotopic (exact) mass is 429 g/mol. The number of nitriles is 1. The standard InChI is InChI=1S/C22H27N3O4S/c1-30(27,28)24-15-20(25-13-5-8-19(14-23)22(25)26)16-29-21-11-9-18(10-12-21)17-6-3-2-4-7-17/h2-8,13,18,20-21,24H,9-12,15-16H2,1H3. The van der Waals surface area contributed by atoms with E-state index >= 15 is 0 Å². The smallest absolute Gasteiger partial charge is 0.268 e. The van der Waals surface area contributed by atoms with Crippen molar-refractivity contribution in [3.8, 4) is 6.07 Å². The summed E-state index contributed by atoms with van der Waals surface area (Å²) in [4.78, 5) is 12.5. The molecule has 160 valence electrons. The lowest BCUT2D eigenvalue weighted by molar-refractivity contribution is 0.00736. The van der Waals surface area contributed by atoms with Gasteiger partial charge in [-0.05, 0) is 49.3 Å². The van der Waals surface area contributed by atoms with Crippen LogP contribution in [-0.2, 0) is 14.8 Å². The van der Waals surface area contributed by atoms with Crippen molar-refractivity contribution in [2.75, 3.05) is 19.4 Å². The average molecular weight is 430 g/mol. The molecule has 1 N–H and O–H groups in total. The van der Waals surface area contributed by atoms with E-state index in [0.29, 0.717) is 5.92 Å². The molecule has 1 atom stereocenters. The Morgan fingerprint density at radius 1 is 1.17 bits per heavy atom. The molecule has 3 rings (SSSR count). The highest BCUT2D eigenvalue weighted by atomic mass is 32.2. The highest BCUT2D eigenvalue weighted by Gasteiger charge is 2.24. The fourth-order valence-electron chi connectivity index (χ4n) is 3.90. The first-order valence-electron chi connectivity index (χ1n) is 10.1. The lowest BCUT2D eigenvalue weighted by Gasteiger charge is -2.30. The largest absolute Gasteiger partial charge is 0.376 e. The van der Waals surface area contributed by atoms with E-state index in [-0.39, 0.29) is 24.8 Å². The molecule has 2 aromatic rings. The average Bonchev–Trinajstić information content (AvgIpc) is 2.75. The van der Waals surface area contributed by atoms with Crippen LogP contribution in [0.25, 0.3) is 0 Å². The van der Waals surface area contributed by atoms with Crippen LogP contribution in [0.4, 0.5) is 0 Å². The second kappa shape index (κ2) is 10.0. The zero-order valence-electron chi connectivity index (χ0n) is 17.0. The predicted molar refractivity (Wildman–Crippen MR) is 115 cm³/mol. The first-order chi connectivity index (χ1) is 14.4. The molecule has 0 aliphatic heterocycles. The quantitative estimate of drug-likeness (QED) is 0.695. The Labute approximate surface area is 177 Å². The van der Waals surface area contributed by atoms with Gasteiger partial charge in [0.15, 0.2) is 0 Å². The first kappa shape index (κ1) is 22.2. The molecule has 30 heavy (non-hydrogen) atoms. The summed E-state index contributed by atoms with van der Waals surface area (Å²) in [6.45, 7) is 0.213. The van der Waals surface area contributed by atoms with Crippen molar-refractivity contribution in [1.82, 2.24) is 9.29 Å². The minimum atomic E-state index is -3.42. The Morgan fingerprint density at radius 3 is 2.50 bits per heavy atom.